The van der Waals surface area contributed by atoms with Crippen LogP contribution < -0.4 is 5.32 Å². The molecule has 2 unspecified atom stereocenters. The Morgan fingerprint density at radius 1 is 1.19 bits per heavy atom. The van der Waals surface area contributed by atoms with Crippen molar-refractivity contribution < 1.29 is 19.5 Å². The van der Waals surface area contributed by atoms with Crippen molar-refractivity contribution in [2.24, 2.45) is 5.92 Å². The van der Waals surface area contributed by atoms with Gasteiger partial charge in [-0.3, -0.25) is 14.4 Å². The van der Waals surface area contributed by atoms with E-state index in [4.69, 9.17) is 0 Å². The number of amides is 3. The van der Waals surface area contributed by atoms with Crippen LogP contribution in [0.1, 0.15) is 33.0 Å². The lowest BCUT2D eigenvalue weighted by molar-refractivity contribution is -0.136. The van der Waals surface area contributed by atoms with E-state index in [2.05, 4.69) is 5.32 Å². The minimum atomic E-state index is -0.776. The molecule has 1 aromatic rings. The molecule has 3 amide bonds. The minimum Gasteiger partial charge on any atom is -0.389 e. The number of nitrogens with one attached hydrogen (secondary N) is 1. The molecule has 1 aliphatic carbocycles. The second-order valence-electron chi connectivity index (χ2n) is 7.31. The molecule has 0 radical (unpaired) electrons. The number of aryl methyl sites for hydroxylation is 2. The first kappa shape index (κ1) is 17.5. The van der Waals surface area contributed by atoms with Crippen LogP contribution in [0.2, 0.25) is 0 Å². The highest BCUT2D eigenvalue weighted by Gasteiger charge is 2.34. The fourth-order valence-corrected chi connectivity index (χ4v) is 5.22. The van der Waals surface area contributed by atoms with Crippen LogP contribution in [0.15, 0.2) is 6.07 Å². The van der Waals surface area contributed by atoms with Gasteiger partial charge in [0.25, 0.3) is 5.91 Å². The monoisotopic (exact) mass is 377 g/mol. The predicted molar refractivity (Wildman–Crippen MR) is 96.0 cm³/mol. The van der Waals surface area contributed by atoms with Crippen molar-refractivity contribution in [3.05, 3.63) is 21.4 Å². The summed E-state index contributed by atoms with van der Waals surface area (Å²) in [6, 6.07) is 1.99. The second kappa shape index (κ2) is 7.00. The number of carbonyl (C=O) groups excluding carboxylic acids is 3. The number of β-amino-alcohol motifs (C(OH)–C–C–N with tert-alkyl or cyclic N) is 1. The van der Waals surface area contributed by atoms with Gasteiger partial charge in [-0.25, -0.2) is 0 Å². The summed E-state index contributed by atoms with van der Waals surface area (Å²) in [6.07, 6.45) is 2.68. The summed E-state index contributed by atoms with van der Waals surface area (Å²) in [5.41, 5.74) is 1.28. The highest BCUT2D eigenvalue weighted by Crippen LogP contribution is 2.31. The van der Waals surface area contributed by atoms with Gasteiger partial charge in [-0.1, -0.05) is 0 Å². The summed E-state index contributed by atoms with van der Waals surface area (Å²) in [5, 5.41) is 13.0. The van der Waals surface area contributed by atoms with E-state index in [0.29, 0.717) is 19.6 Å². The maximum atomic E-state index is 12.8. The lowest BCUT2D eigenvalue weighted by atomic mass is 10.1. The number of rotatable bonds is 2. The van der Waals surface area contributed by atoms with Gasteiger partial charge in [-0.2, -0.15) is 0 Å². The van der Waals surface area contributed by atoms with Crippen LogP contribution in [-0.2, 0) is 22.4 Å². The van der Waals surface area contributed by atoms with Gasteiger partial charge in [0.1, 0.15) is 0 Å². The van der Waals surface area contributed by atoms with Crippen molar-refractivity contribution in [1.29, 1.82) is 0 Å². The summed E-state index contributed by atoms with van der Waals surface area (Å²) in [5.74, 6) is -0.652. The SMILES string of the molecule is O=C1CC(C(=O)N2CCN(C(=O)c3cc4c(s3)CCC4)CC(O)C2)CN1. The molecule has 3 aliphatic rings. The van der Waals surface area contributed by atoms with E-state index in [-0.39, 0.29) is 43.1 Å². The van der Waals surface area contributed by atoms with Crippen LogP contribution in [0, 0.1) is 5.92 Å². The van der Waals surface area contributed by atoms with Gasteiger partial charge in [0.15, 0.2) is 0 Å². The molecular formula is C18H23N3O4S. The van der Waals surface area contributed by atoms with Crippen LogP contribution >= 0.6 is 11.3 Å². The van der Waals surface area contributed by atoms with Gasteiger partial charge >= 0.3 is 0 Å². The van der Waals surface area contributed by atoms with Crippen molar-refractivity contribution in [1.82, 2.24) is 15.1 Å². The summed E-state index contributed by atoms with van der Waals surface area (Å²) < 4.78 is 0. The van der Waals surface area contributed by atoms with E-state index in [9.17, 15) is 19.5 Å². The highest BCUT2D eigenvalue weighted by molar-refractivity contribution is 7.14. The van der Waals surface area contributed by atoms with Crippen LogP contribution in [0.3, 0.4) is 0 Å². The second-order valence-corrected chi connectivity index (χ2v) is 8.44. The van der Waals surface area contributed by atoms with Gasteiger partial charge in [0.05, 0.1) is 16.9 Å². The fourth-order valence-electron chi connectivity index (χ4n) is 4.00. The first-order valence-electron chi connectivity index (χ1n) is 9.15. The quantitative estimate of drug-likeness (QED) is 0.760. The van der Waals surface area contributed by atoms with Crippen LogP contribution in [0.5, 0.6) is 0 Å². The third-order valence-electron chi connectivity index (χ3n) is 5.39. The Kier molecular flexibility index (Phi) is 4.71. The Bertz CT molecular complexity index is 725. The number of fused-ring (bicyclic) bond motifs is 1. The van der Waals surface area contributed by atoms with Crippen LogP contribution in [0.25, 0.3) is 0 Å². The third kappa shape index (κ3) is 3.35. The molecule has 2 aliphatic heterocycles. The number of hydrogen-bond acceptors (Lipinski definition) is 5. The molecule has 3 heterocycles. The lowest BCUT2D eigenvalue weighted by Crippen LogP contribution is -2.41. The van der Waals surface area contributed by atoms with Gasteiger partial charge in [-0.15, -0.1) is 11.3 Å². The minimum absolute atomic E-state index is 0.0598. The molecule has 2 fully saturated rings. The molecule has 1 aromatic heterocycles. The summed E-state index contributed by atoms with van der Waals surface area (Å²) >= 11 is 1.56. The topological polar surface area (TPSA) is 90.0 Å². The first-order valence-corrected chi connectivity index (χ1v) is 9.97. The molecule has 2 atom stereocenters. The molecule has 4 rings (SSSR count). The highest BCUT2D eigenvalue weighted by atomic mass is 32.1. The molecule has 0 spiro atoms. The normalized spacial score (nSPS) is 25.8. The summed E-state index contributed by atoms with van der Waals surface area (Å²) in [6.45, 7) is 1.57. The predicted octanol–water partition coefficient (Wildman–Crippen LogP) is 0.0182. The molecule has 26 heavy (non-hydrogen) atoms. The maximum Gasteiger partial charge on any atom is 0.264 e. The molecule has 2 saturated heterocycles. The molecular weight excluding hydrogens is 354 g/mol. The molecule has 0 aromatic carbocycles. The average Bonchev–Trinajstić information content (AvgIpc) is 3.28. The Morgan fingerprint density at radius 3 is 2.69 bits per heavy atom. The van der Waals surface area contributed by atoms with Gasteiger partial charge < -0.3 is 20.2 Å². The standard InChI is InChI=1S/C18H23N3O4S/c22-13-9-20(17(24)12-7-16(23)19-8-12)4-5-21(10-13)18(25)15-6-11-2-1-3-14(11)26-15/h6,12-13,22H,1-5,7-10H2,(H,19,23). The van der Waals surface area contributed by atoms with Crippen molar-refractivity contribution in [2.45, 2.75) is 31.8 Å². The molecule has 2 N–H and O–H groups in total. The summed E-state index contributed by atoms with van der Waals surface area (Å²) in [4.78, 5) is 42.1. The Hall–Kier alpha value is -1.93. The van der Waals surface area contributed by atoms with Crippen molar-refractivity contribution in [3.63, 3.8) is 0 Å². The van der Waals surface area contributed by atoms with E-state index < -0.39 is 6.10 Å². The molecule has 140 valence electrons. The fraction of sp³-hybridized carbons (Fsp3) is 0.611. The Morgan fingerprint density at radius 2 is 1.96 bits per heavy atom. The van der Waals surface area contributed by atoms with E-state index in [1.54, 1.807) is 21.1 Å². The molecule has 8 heteroatoms. The zero-order valence-corrected chi connectivity index (χ0v) is 15.4. The number of carbonyl (C=O) groups is 3. The van der Waals surface area contributed by atoms with Gasteiger partial charge in [0, 0.05) is 44.0 Å². The molecule has 7 nitrogen and oxygen atoms in total. The first-order chi connectivity index (χ1) is 12.5. The summed E-state index contributed by atoms with van der Waals surface area (Å²) in [7, 11) is 0. The van der Waals surface area contributed by atoms with Crippen molar-refractivity contribution in [3.8, 4) is 0 Å². The smallest absolute Gasteiger partial charge is 0.264 e. The van der Waals surface area contributed by atoms with Crippen LogP contribution in [0.4, 0.5) is 0 Å². The van der Waals surface area contributed by atoms with Crippen LogP contribution in [-0.4, -0.2) is 71.5 Å². The number of thiophene rings is 1. The Balaban J connectivity index is 1.42. The Labute approximate surface area is 156 Å². The maximum absolute atomic E-state index is 12.8. The number of hydrogen-bond donors (Lipinski definition) is 2. The van der Waals surface area contributed by atoms with Crippen molar-refractivity contribution in [2.75, 3.05) is 32.7 Å². The molecule has 0 bridgehead atoms. The number of nitrogens with zero attached hydrogens (tertiary/aromatic N) is 2. The van der Waals surface area contributed by atoms with Crippen molar-refractivity contribution >= 4 is 29.1 Å². The average molecular weight is 377 g/mol. The largest absolute Gasteiger partial charge is 0.389 e. The van der Waals surface area contributed by atoms with E-state index >= 15 is 0 Å². The van der Waals surface area contributed by atoms with E-state index in [1.807, 2.05) is 6.07 Å². The lowest BCUT2D eigenvalue weighted by Gasteiger charge is -2.24. The van der Waals surface area contributed by atoms with E-state index in [0.717, 1.165) is 24.1 Å². The molecule has 0 saturated carbocycles. The third-order valence-corrected chi connectivity index (χ3v) is 6.61. The number of aliphatic hydroxyl groups is 1. The zero-order chi connectivity index (χ0) is 18.3. The number of aliphatic hydroxyl groups excluding tert-OH is 1. The van der Waals surface area contributed by atoms with E-state index in [1.165, 1.54) is 10.4 Å². The zero-order valence-electron chi connectivity index (χ0n) is 14.6. The van der Waals surface area contributed by atoms with Gasteiger partial charge in [0.2, 0.25) is 11.8 Å². The van der Waals surface area contributed by atoms with Gasteiger partial charge in [-0.05, 0) is 30.9 Å².